The second kappa shape index (κ2) is 7.31. The van der Waals surface area contributed by atoms with Gasteiger partial charge in [0, 0.05) is 5.56 Å². The lowest BCUT2D eigenvalue weighted by molar-refractivity contribution is 0.0939. The highest BCUT2D eigenvalue weighted by molar-refractivity contribution is 7.91. The Morgan fingerprint density at radius 1 is 0.906 bits per heavy atom. The Morgan fingerprint density at radius 2 is 1.59 bits per heavy atom. The number of carbonyl (C=O) groups excluding carboxylic acids is 1. The molecule has 4 N–H and O–H groups in total. The summed E-state index contributed by atoms with van der Waals surface area (Å²) in [5.41, 5.74) is 4.08. The highest BCUT2D eigenvalue weighted by Crippen LogP contribution is 2.37. The largest absolute Gasteiger partial charge is 0.506 e. The van der Waals surface area contributed by atoms with E-state index in [1.165, 1.54) is 12.1 Å². The van der Waals surface area contributed by atoms with Crippen molar-refractivity contribution in [1.82, 2.24) is 10.0 Å². The second-order valence-electron chi connectivity index (χ2n) is 7.60. The molecule has 2 aliphatic heterocycles. The van der Waals surface area contributed by atoms with Gasteiger partial charge < -0.3 is 15.5 Å². The number of benzene rings is 3. The van der Waals surface area contributed by atoms with Gasteiger partial charge in [0.2, 0.25) is 5.88 Å². The van der Waals surface area contributed by atoms with Crippen molar-refractivity contribution in [2.75, 3.05) is 4.31 Å². The van der Waals surface area contributed by atoms with Gasteiger partial charge in [-0.15, -0.1) is 0 Å². The molecule has 0 fully saturated rings. The number of nitrogens with one attached hydrogen (secondary N) is 2. The minimum atomic E-state index is -4.01. The first-order valence-corrected chi connectivity index (χ1v) is 11.3. The van der Waals surface area contributed by atoms with Gasteiger partial charge in [-0.3, -0.25) is 4.79 Å². The number of amides is 1. The predicted molar refractivity (Wildman–Crippen MR) is 119 cm³/mol. The highest BCUT2D eigenvalue weighted by atomic mass is 32.2. The molecule has 3 aromatic rings. The van der Waals surface area contributed by atoms with Crippen molar-refractivity contribution in [3.63, 3.8) is 0 Å². The molecule has 0 bridgehead atoms. The standard InChI is InChI=1S/C23H19N3O5S/c27-21-12-14(9-10-20(21)26-13-22(28)25-32(26,30)31)11-19-17-7-3-1-5-15(17)16-6-2-4-8-18(16)23(29)24-19/h1-10,12-13,19,25,27-28H,11H2,(H,24,29)/t19-/m0/s1. The Bertz CT molecular complexity index is 1380. The summed E-state index contributed by atoms with van der Waals surface area (Å²) < 4.78 is 26.9. The molecular weight excluding hydrogens is 430 g/mol. The maximum Gasteiger partial charge on any atom is 0.330 e. The SMILES string of the molecule is O=C1N[C@@H](Cc2ccc(N3C=C(O)NS3(=O)=O)c(O)c2)c2ccccc2-c2ccccc21. The molecule has 3 aromatic carbocycles. The molecule has 162 valence electrons. The molecule has 8 nitrogen and oxygen atoms in total. The Balaban J connectivity index is 1.50. The number of phenolic OH excluding ortho intramolecular Hbond substituents is 1. The molecule has 0 unspecified atom stereocenters. The van der Waals surface area contributed by atoms with Crippen molar-refractivity contribution in [3.8, 4) is 16.9 Å². The molecule has 1 amide bonds. The fraction of sp³-hybridized carbons (Fsp3) is 0.0870. The van der Waals surface area contributed by atoms with Crippen LogP contribution >= 0.6 is 0 Å². The van der Waals surface area contributed by atoms with Crippen molar-refractivity contribution in [2.45, 2.75) is 12.5 Å². The van der Waals surface area contributed by atoms with Gasteiger partial charge in [-0.25, -0.2) is 9.03 Å². The fourth-order valence-corrected chi connectivity index (χ4v) is 5.21. The number of aliphatic hydroxyl groups excluding tert-OH is 1. The third-order valence-corrected chi connectivity index (χ3v) is 6.84. The van der Waals surface area contributed by atoms with Gasteiger partial charge in [0.15, 0.2) is 0 Å². The molecule has 2 aliphatic rings. The van der Waals surface area contributed by atoms with Gasteiger partial charge in [0.05, 0.1) is 12.2 Å². The normalized spacial score (nSPS) is 18.6. The molecule has 1 atom stereocenters. The van der Waals surface area contributed by atoms with E-state index in [2.05, 4.69) is 5.32 Å². The van der Waals surface area contributed by atoms with Crippen molar-refractivity contribution < 1.29 is 23.4 Å². The number of aliphatic hydroxyl groups is 1. The lowest BCUT2D eigenvalue weighted by Gasteiger charge is -2.20. The van der Waals surface area contributed by atoms with Crippen molar-refractivity contribution in [1.29, 1.82) is 0 Å². The van der Waals surface area contributed by atoms with Gasteiger partial charge in [0.1, 0.15) is 11.4 Å². The first-order chi connectivity index (χ1) is 15.3. The number of carbonyl (C=O) groups is 1. The Kier molecular flexibility index (Phi) is 4.56. The summed E-state index contributed by atoms with van der Waals surface area (Å²) in [5.74, 6) is -0.987. The van der Waals surface area contributed by atoms with E-state index in [0.29, 0.717) is 17.5 Å². The summed E-state index contributed by atoms with van der Waals surface area (Å²) in [6, 6.07) is 19.5. The summed E-state index contributed by atoms with van der Waals surface area (Å²) in [7, 11) is -4.01. The molecule has 0 spiro atoms. The summed E-state index contributed by atoms with van der Waals surface area (Å²) >= 11 is 0. The van der Waals surface area contributed by atoms with E-state index in [9.17, 15) is 23.4 Å². The third kappa shape index (κ3) is 3.32. The molecule has 9 heteroatoms. The minimum absolute atomic E-state index is 0.00278. The average molecular weight is 449 g/mol. The van der Waals surface area contributed by atoms with Crippen LogP contribution in [0.2, 0.25) is 0 Å². The number of phenols is 1. The minimum Gasteiger partial charge on any atom is -0.506 e. The van der Waals surface area contributed by atoms with Crippen LogP contribution in [-0.4, -0.2) is 24.5 Å². The molecule has 0 saturated carbocycles. The number of fused-ring (bicyclic) bond motifs is 3. The van der Waals surface area contributed by atoms with Crippen molar-refractivity contribution >= 4 is 21.8 Å². The van der Waals surface area contributed by atoms with Gasteiger partial charge in [0.25, 0.3) is 5.91 Å². The Labute approximate surface area is 184 Å². The summed E-state index contributed by atoms with van der Waals surface area (Å²) in [6.45, 7) is 0. The molecule has 0 aromatic heterocycles. The zero-order chi connectivity index (χ0) is 22.5. The maximum absolute atomic E-state index is 12.9. The second-order valence-corrected chi connectivity index (χ2v) is 9.15. The Hall–Kier alpha value is -3.98. The molecule has 0 saturated heterocycles. The zero-order valence-corrected chi connectivity index (χ0v) is 17.5. The van der Waals surface area contributed by atoms with Crippen molar-refractivity contribution in [3.05, 3.63) is 95.5 Å². The lowest BCUT2D eigenvalue weighted by Crippen LogP contribution is -2.30. The zero-order valence-electron chi connectivity index (χ0n) is 16.7. The van der Waals surface area contributed by atoms with Crippen molar-refractivity contribution in [2.24, 2.45) is 0 Å². The first-order valence-electron chi connectivity index (χ1n) is 9.87. The number of rotatable bonds is 3. The van der Waals surface area contributed by atoms with Crippen LogP contribution in [0.15, 0.2) is 78.8 Å². The summed E-state index contributed by atoms with van der Waals surface area (Å²) in [4.78, 5) is 12.9. The van der Waals surface area contributed by atoms with E-state index in [0.717, 1.165) is 27.2 Å². The smallest absolute Gasteiger partial charge is 0.330 e. The lowest BCUT2D eigenvalue weighted by atomic mass is 9.91. The Morgan fingerprint density at radius 3 is 2.28 bits per heavy atom. The third-order valence-electron chi connectivity index (χ3n) is 5.55. The molecule has 2 heterocycles. The number of hydrogen-bond donors (Lipinski definition) is 4. The van der Waals surface area contributed by atoms with E-state index < -0.39 is 16.1 Å². The summed E-state index contributed by atoms with van der Waals surface area (Å²) in [5, 5.41) is 23.1. The highest BCUT2D eigenvalue weighted by Gasteiger charge is 2.31. The van der Waals surface area contributed by atoms with Crippen LogP contribution in [0.25, 0.3) is 11.1 Å². The van der Waals surface area contributed by atoms with E-state index in [-0.39, 0.29) is 23.4 Å². The number of anilines is 1. The molecule has 0 aliphatic carbocycles. The average Bonchev–Trinajstić information content (AvgIpc) is 2.98. The van der Waals surface area contributed by atoms with E-state index in [1.807, 2.05) is 47.2 Å². The van der Waals surface area contributed by atoms with Crippen LogP contribution in [-0.2, 0) is 16.6 Å². The summed E-state index contributed by atoms with van der Waals surface area (Å²) in [6.07, 6.45) is 1.36. The monoisotopic (exact) mass is 449 g/mol. The van der Waals surface area contributed by atoms with Crippen LogP contribution in [0.4, 0.5) is 5.69 Å². The van der Waals surface area contributed by atoms with Gasteiger partial charge in [-0.2, -0.15) is 8.42 Å². The van der Waals surface area contributed by atoms with Gasteiger partial charge in [-0.05, 0) is 46.9 Å². The number of aromatic hydroxyl groups is 1. The molecule has 0 radical (unpaired) electrons. The molecule has 5 rings (SSSR count). The van der Waals surface area contributed by atoms with Crippen LogP contribution < -0.4 is 14.3 Å². The van der Waals surface area contributed by atoms with Crippen LogP contribution in [0.5, 0.6) is 5.75 Å². The molecule has 32 heavy (non-hydrogen) atoms. The number of nitrogens with zero attached hydrogens (tertiary/aromatic N) is 1. The number of hydrogen-bond acceptors (Lipinski definition) is 5. The topological polar surface area (TPSA) is 119 Å². The first kappa shape index (κ1) is 20.0. The van der Waals surface area contributed by atoms with E-state index in [1.54, 1.807) is 12.1 Å². The fourth-order valence-electron chi connectivity index (χ4n) is 4.14. The van der Waals surface area contributed by atoms with Gasteiger partial charge >= 0.3 is 10.2 Å². The van der Waals surface area contributed by atoms with Crippen LogP contribution in [0.3, 0.4) is 0 Å². The molecular formula is C23H19N3O5S. The van der Waals surface area contributed by atoms with Crippen LogP contribution in [0.1, 0.15) is 27.5 Å². The maximum atomic E-state index is 12.9. The van der Waals surface area contributed by atoms with Gasteiger partial charge in [-0.1, -0.05) is 48.5 Å². The van der Waals surface area contributed by atoms with Crippen LogP contribution in [0, 0.1) is 0 Å². The van der Waals surface area contributed by atoms with E-state index >= 15 is 0 Å². The van der Waals surface area contributed by atoms with E-state index in [4.69, 9.17) is 0 Å². The predicted octanol–water partition coefficient (Wildman–Crippen LogP) is 3.10. The quantitative estimate of drug-likeness (QED) is 0.490.